The number of ether oxygens (including phenoxy) is 2. The fourth-order valence-electron chi connectivity index (χ4n) is 3.70. The molecule has 2 aromatic rings. The summed E-state index contributed by atoms with van der Waals surface area (Å²) in [5.74, 6) is 1.10. The number of fused-ring (bicyclic) bond motifs is 1. The van der Waals surface area contributed by atoms with Crippen LogP contribution in [0.25, 0.3) is 0 Å². The van der Waals surface area contributed by atoms with Crippen LogP contribution in [0.5, 0.6) is 11.5 Å². The summed E-state index contributed by atoms with van der Waals surface area (Å²) in [4.78, 5) is 2.14. The Balaban J connectivity index is 1.81. The number of methoxy groups -OCH3 is 2. The lowest BCUT2D eigenvalue weighted by molar-refractivity contribution is 0.103. The molecule has 27 heavy (non-hydrogen) atoms. The summed E-state index contributed by atoms with van der Waals surface area (Å²) in [5.41, 5.74) is 12.1. The molecular weight excluding hydrogens is 410 g/mol. The molecule has 1 fully saturated rings. The van der Waals surface area contributed by atoms with Gasteiger partial charge in [-0.05, 0) is 17.7 Å². The number of hydrogen-bond donors (Lipinski definition) is 3. The number of nitrogens with zero attached hydrogens (tertiary/aromatic N) is 2. The van der Waals surface area contributed by atoms with E-state index in [0.29, 0.717) is 18.0 Å². The van der Waals surface area contributed by atoms with E-state index in [4.69, 9.17) is 15.2 Å². The Hall–Kier alpha value is -2.29. The number of halogens is 1. The van der Waals surface area contributed by atoms with E-state index in [9.17, 15) is 0 Å². The summed E-state index contributed by atoms with van der Waals surface area (Å²) in [6, 6.07) is 14.1. The van der Waals surface area contributed by atoms with Crippen molar-refractivity contribution in [3.8, 4) is 11.5 Å². The van der Waals surface area contributed by atoms with E-state index in [0.717, 1.165) is 22.4 Å². The van der Waals surface area contributed by atoms with E-state index >= 15 is 0 Å². The third-order valence-electron chi connectivity index (χ3n) is 5.01. The van der Waals surface area contributed by atoms with Crippen molar-refractivity contribution in [1.82, 2.24) is 15.6 Å². The van der Waals surface area contributed by atoms with Crippen LogP contribution >= 0.6 is 15.9 Å². The van der Waals surface area contributed by atoms with Crippen LogP contribution in [0.1, 0.15) is 17.2 Å². The molecule has 4 rings (SSSR count). The van der Waals surface area contributed by atoms with Crippen molar-refractivity contribution in [2.45, 2.75) is 11.8 Å². The summed E-state index contributed by atoms with van der Waals surface area (Å²) in [6.45, 7) is 1.43. The summed E-state index contributed by atoms with van der Waals surface area (Å²) >= 11 is 3.64. The van der Waals surface area contributed by atoms with Crippen molar-refractivity contribution >= 4 is 21.8 Å². The van der Waals surface area contributed by atoms with Gasteiger partial charge in [-0.1, -0.05) is 46.3 Å². The maximum atomic E-state index is 6.92. The maximum Gasteiger partial charge on any atom is 0.209 e. The third kappa shape index (κ3) is 2.93. The zero-order chi connectivity index (χ0) is 19.0. The second kappa shape index (κ2) is 7.03. The fourth-order valence-corrected chi connectivity index (χ4v) is 4.33. The minimum atomic E-state index is -1.02. The molecule has 0 amide bonds. The number of rotatable bonds is 4. The highest BCUT2D eigenvalue weighted by molar-refractivity contribution is 9.10. The average molecular weight is 432 g/mol. The molecular formula is C19H22BrN5O2. The lowest BCUT2D eigenvalue weighted by Gasteiger charge is -2.45. The van der Waals surface area contributed by atoms with Crippen molar-refractivity contribution < 1.29 is 9.47 Å². The number of nitrogens with one attached hydrogen (secondary N) is 2. The average Bonchev–Trinajstić information content (AvgIpc) is 3.06. The van der Waals surface area contributed by atoms with Gasteiger partial charge in [0.15, 0.2) is 11.5 Å². The molecule has 2 aromatic carbocycles. The van der Waals surface area contributed by atoms with Crippen LogP contribution in [-0.4, -0.2) is 38.0 Å². The highest BCUT2D eigenvalue weighted by Gasteiger charge is 2.48. The van der Waals surface area contributed by atoms with Crippen LogP contribution in [0.3, 0.4) is 0 Å². The molecule has 1 saturated heterocycles. The molecule has 0 aliphatic carbocycles. The Labute approximate surface area is 166 Å². The maximum absolute atomic E-state index is 6.92. The number of hydrazone groups is 1. The standard InChI is InChI=1S/C19H22BrN5O2/c1-26-16-8-13(14(20)9-17(16)27-2)19(21)24-23-18-11-22-10-15(25(18)19)12-6-4-3-5-7-12/h3-9,15,22,24H,10-11,21H2,1-2H3. The van der Waals surface area contributed by atoms with E-state index in [1.54, 1.807) is 14.2 Å². The van der Waals surface area contributed by atoms with Gasteiger partial charge in [0, 0.05) is 16.6 Å². The van der Waals surface area contributed by atoms with E-state index in [1.165, 1.54) is 5.56 Å². The molecule has 2 aliphatic rings. The van der Waals surface area contributed by atoms with Gasteiger partial charge >= 0.3 is 0 Å². The van der Waals surface area contributed by atoms with Gasteiger partial charge in [-0.2, -0.15) is 5.10 Å². The van der Waals surface area contributed by atoms with Crippen LogP contribution in [0.15, 0.2) is 52.0 Å². The predicted molar refractivity (Wildman–Crippen MR) is 108 cm³/mol. The van der Waals surface area contributed by atoms with E-state index in [2.05, 4.69) is 48.8 Å². The monoisotopic (exact) mass is 431 g/mol. The Morgan fingerprint density at radius 1 is 1.19 bits per heavy atom. The number of hydrogen-bond acceptors (Lipinski definition) is 7. The van der Waals surface area contributed by atoms with Gasteiger partial charge in [0.25, 0.3) is 0 Å². The summed E-state index contributed by atoms with van der Waals surface area (Å²) in [6.07, 6.45) is 0. The van der Waals surface area contributed by atoms with Crippen LogP contribution < -0.4 is 25.9 Å². The molecule has 4 N–H and O–H groups in total. The van der Waals surface area contributed by atoms with Crippen molar-refractivity contribution in [1.29, 1.82) is 0 Å². The van der Waals surface area contributed by atoms with Crippen LogP contribution in [-0.2, 0) is 5.79 Å². The minimum Gasteiger partial charge on any atom is -0.493 e. The predicted octanol–water partition coefficient (Wildman–Crippen LogP) is 2.10. The molecule has 7 nitrogen and oxygen atoms in total. The molecule has 0 saturated carbocycles. The van der Waals surface area contributed by atoms with E-state index in [1.807, 2.05) is 30.3 Å². The van der Waals surface area contributed by atoms with Gasteiger partial charge in [-0.15, -0.1) is 0 Å². The quantitative estimate of drug-likeness (QED) is 0.687. The van der Waals surface area contributed by atoms with Crippen LogP contribution in [0.2, 0.25) is 0 Å². The normalized spacial score (nSPS) is 24.1. The SMILES string of the molecule is COc1cc(Br)c(C2(N)NN=C3CNCC(c4ccccc4)N32)cc1OC. The van der Waals surface area contributed by atoms with Crippen molar-refractivity contribution in [3.05, 3.63) is 58.1 Å². The van der Waals surface area contributed by atoms with Crippen LogP contribution in [0.4, 0.5) is 0 Å². The summed E-state index contributed by atoms with van der Waals surface area (Å²) in [7, 11) is 3.22. The van der Waals surface area contributed by atoms with Gasteiger partial charge in [-0.3, -0.25) is 11.2 Å². The van der Waals surface area contributed by atoms with Gasteiger partial charge in [0.05, 0.1) is 26.8 Å². The molecule has 2 unspecified atom stereocenters. The topological polar surface area (TPSA) is 84.1 Å². The first kappa shape index (κ1) is 18.1. The molecule has 2 heterocycles. The first-order valence-electron chi connectivity index (χ1n) is 8.68. The summed E-state index contributed by atoms with van der Waals surface area (Å²) in [5, 5.41) is 7.94. The Kier molecular flexibility index (Phi) is 4.71. The molecule has 0 radical (unpaired) electrons. The fraction of sp³-hybridized carbons (Fsp3) is 0.316. The molecule has 2 atom stereocenters. The molecule has 8 heteroatoms. The Morgan fingerprint density at radius 2 is 1.89 bits per heavy atom. The molecule has 2 aliphatic heterocycles. The van der Waals surface area contributed by atoms with E-state index in [-0.39, 0.29) is 6.04 Å². The van der Waals surface area contributed by atoms with E-state index < -0.39 is 5.79 Å². The number of amidine groups is 1. The largest absolute Gasteiger partial charge is 0.493 e. The lowest BCUT2D eigenvalue weighted by atomic mass is 9.98. The number of nitrogens with two attached hydrogens (primary N) is 1. The van der Waals surface area contributed by atoms with Crippen molar-refractivity contribution in [2.75, 3.05) is 27.3 Å². The highest BCUT2D eigenvalue weighted by Crippen LogP contribution is 2.42. The summed E-state index contributed by atoms with van der Waals surface area (Å²) < 4.78 is 11.7. The zero-order valence-corrected chi connectivity index (χ0v) is 16.8. The number of benzene rings is 2. The first-order chi connectivity index (χ1) is 13.1. The van der Waals surface area contributed by atoms with Crippen LogP contribution in [0, 0.1) is 0 Å². The highest BCUT2D eigenvalue weighted by atomic mass is 79.9. The van der Waals surface area contributed by atoms with Gasteiger partial charge in [0.2, 0.25) is 5.79 Å². The molecule has 142 valence electrons. The molecule has 0 aromatic heterocycles. The zero-order valence-electron chi connectivity index (χ0n) is 15.2. The minimum absolute atomic E-state index is 0.0405. The first-order valence-corrected chi connectivity index (χ1v) is 9.47. The second-order valence-electron chi connectivity index (χ2n) is 6.52. The lowest BCUT2D eigenvalue weighted by Crippen LogP contribution is -2.63. The van der Waals surface area contributed by atoms with Gasteiger partial charge < -0.3 is 19.7 Å². The smallest absolute Gasteiger partial charge is 0.209 e. The molecule has 0 spiro atoms. The van der Waals surface area contributed by atoms with Gasteiger partial charge in [0.1, 0.15) is 5.84 Å². The van der Waals surface area contributed by atoms with Gasteiger partial charge in [-0.25, -0.2) is 0 Å². The Morgan fingerprint density at radius 3 is 2.59 bits per heavy atom. The van der Waals surface area contributed by atoms with Crippen molar-refractivity contribution in [2.24, 2.45) is 10.8 Å². The van der Waals surface area contributed by atoms with Crippen molar-refractivity contribution in [3.63, 3.8) is 0 Å². The Bertz CT molecular complexity index is 876. The molecule has 0 bridgehead atoms. The second-order valence-corrected chi connectivity index (χ2v) is 7.37. The number of piperazine rings is 1. The third-order valence-corrected chi connectivity index (χ3v) is 5.67.